The van der Waals surface area contributed by atoms with Gasteiger partial charge >= 0.3 is 11.7 Å². The molecule has 0 unspecified atom stereocenters. The smallest absolute Gasteiger partial charge is 0.441 e. The van der Waals surface area contributed by atoms with Crippen molar-refractivity contribution in [1.29, 1.82) is 0 Å². The van der Waals surface area contributed by atoms with E-state index < -0.39 is 23.1 Å². The zero-order valence-corrected chi connectivity index (χ0v) is 13.4. The number of carbonyl (C=O) groups is 2. The Bertz CT molecular complexity index is 695. The first-order chi connectivity index (χ1) is 11.5. The minimum absolute atomic E-state index is 0.0572. The maximum atomic E-state index is 12.2. The monoisotopic (exact) mass is 328 g/mol. The number of hydrogen-bond donors (Lipinski definition) is 1. The predicted molar refractivity (Wildman–Crippen MR) is 85.5 cm³/mol. The van der Waals surface area contributed by atoms with Gasteiger partial charge in [0, 0.05) is 0 Å². The Morgan fingerprint density at radius 2 is 2.04 bits per heavy atom. The Labute approximate surface area is 140 Å². The average Bonchev–Trinajstić information content (AvgIpc) is 3.08. The van der Waals surface area contributed by atoms with Gasteiger partial charge in [-0.15, -0.1) is 0 Å². The first kappa shape index (κ1) is 16.4. The predicted octanol–water partition coefficient (Wildman–Crippen LogP) is 2.44. The number of aryl methyl sites for hydroxylation is 1. The molecule has 0 spiro atoms. The third-order valence-electron chi connectivity index (χ3n) is 5.16. The Kier molecular flexibility index (Phi) is 4.49. The highest BCUT2D eigenvalue weighted by Crippen LogP contribution is 2.43. The Morgan fingerprint density at radius 1 is 1.29 bits per heavy atom. The van der Waals surface area contributed by atoms with Gasteiger partial charge in [-0.2, -0.15) is 4.79 Å². The van der Waals surface area contributed by atoms with Gasteiger partial charge in [-0.1, -0.05) is 25.0 Å². The highest BCUT2D eigenvalue weighted by Gasteiger charge is 2.53. The molecule has 6 nitrogen and oxygen atoms in total. The lowest BCUT2D eigenvalue weighted by Crippen LogP contribution is -2.52. The van der Waals surface area contributed by atoms with E-state index in [0.29, 0.717) is 12.8 Å². The second-order valence-corrected chi connectivity index (χ2v) is 6.65. The van der Waals surface area contributed by atoms with E-state index in [1.165, 1.54) is 0 Å². The zero-order chi connectivity index (χ0) is 17.2. The molecule has 6 heteroatoms. The van der Waals surface area contributed by atoms with Crippen LogP contribution >= 0.6 is 0 Å². The quantitative estimate of drug-likeness (QED) is 0.521. The van der Waals surface area contributed by atoms with Gasteiger partial charge in [0.2, 0.25) is 0 Å². The molecule has 0 amide bonds. The molecule has 1 aliphatic heterocycles. The van der Waals surface area contributed by atoms with Crippen molar-refractivity contribution in [1.82, 2.24) is 0 Å². The maximum Gasteiger partial charge on any atom is 0.441 e. The summed E-state index contributed by atoms with van der Waals surface area (Å²) in [7, 11) is 0. The maximum absolute atomic E-state index is 12.2. The number of phenols is 1. The van der Waals surface area contributed by atoms with E-state index >= 15 is 0 Å². The van der Waals surface area contributed by atoms with Crippen molar-refractivity contribution >= 4 is 17.5 Å². The summed E-state index contributed by atoms with van der Waals surface area (Å²) in [6.07, 6.45) is 5.13. The molecule has 0 radical (unpaired) electrons. The Balaban J connectivity index is 1.85. The summed E-state index contributed by atoms with van der Waals surface area (Å²) in [5.41, 5.74) is 8.42. The second-order valence-electron chi connectivity index (χ2n) is 6.65. The number of ketones is 1. The number of cyclic esters (lactones) is 1. The number of ether oxygens (including phenoxy) is 1. The first-order valence-electron chi connectivity index (χ1n) is 8.30. The minimum Gasteiger partial charge on any atom is -0.508 e. The van der Waals surface area contributed by atoms with Gasteiger partial charge in [-0.25, -0.2) is 4.79 Å². The second kappa shape index (κ2) is 6.57. The lowest BCUT2D eigenvalue weighted by atomic mass is 9.75. The van der Waals surface area contributed by atoms with Crippen LogP contribution in [0.2, 0.25) is 0 Å². The molecule has 1 N–H and O–H groups in total. The Hall–Kier alpha value is -2.46. The molecule has 1 saturated carbocycles. The molecule has 2 aliphatic rings. The van der Waals surface area contributed by atoms with Crippen LogP contribution < -0.4 is 0 Å². The summed E-state index contributed by atoms with van der Waals surface area (Å²) < 4.78 is 5.67. The third-order valence-corrected chi connectivity index (χ3v) is 5.16. The summed E-state index contributed by atoms with van der Waals surface area (Å²) >= 11 is 0. The van der Waals surface area contributed by atoms with Gasteiger partial charge in [-0.3, -0.25) is 4.79 Å². The topological polar surface area (TPSA) is 100 Å². The summed E-state index contributed by atoms with van der Waals surface area (Å²) in [6, 6.07) is 6.94. The molecule has 3 rings (SSSR count). The molecule has 1 aromatic rings. The van der Waals surface area contributed by atoms with Gasteiger partial charge in [0.1, 0.15) is 11.4 Å². The summed E-state index contributed by atoms with van der Waals surface area (Å²) in [5, 5.41) is 9.59. The van der Waals surface area contributed by atoms with Crippen LogP contribution in [-0.2, 0) is 20.7 Å². The lowest BCUT2D eigenvalue weighted by Gasteiger charge is -2.39. The molecular weight excluding hydrogens is 308 g/mol. The van der Waals surface area contributed by atoms with Crippen LogP contribution in [0.4, 0.5) is 0 Å². The molecule has 0 aromatic heterocycles. The van der Waals surface area contributed by atoms with E-state index in [1.54, 1.807) is 18.2 Å². The van der Waals surface area contributed by atoms with E-state index in [-0.39, 0.29) is 18.1 Å². The van der Waals surface area contributed by atoms with Crippen LogP contribution in [0.25, 0.3) is 5.53 Å². The van der Waals surface area contributed by atoms with E-state index in [9.17, 15) is 14.7 Å². The van der Waals surface area contributed by atoms with Crippen molar-refractivity contribution in [2.24, 2.45) is 5.92 Å². The van der Waals surface area contributed by atoms with Crippen molar-refractivity contribution < 1.29 is 24.2 Å². The number of phenolic OH excluding ortho intramolecular Hbond substituents is 1. The average molecular weight is 328 g/mol. The first-order valence-corrected chi connectivity index (χ1v) is 8.30. The molecule has 24 heavy (non-hydrogen) atoms. The van der Waals surface area contributed by atoms with Crippen LogP contribution in [0.1, 0.15) is 44.1 Å². The van der Waals surface area contributed by atoms with Gasteiger partial charge < -0.3 is 15.4 Å². The summed E-state index contributed by atoms with van der Waals surface area (Å²) in [4.78, 5) is 27.1. The standard InChI is InChI=1S/C18H20N2O4/c19-20-16-15(22)11-18(24-17(16)23,13-5-1-2-6-13)9-8-12-4-3-7-14(21)10-12/h3-4,7,10,13,21H,1-2,5-6,8-9,11H2/t18-/m0/s1. The minimum atomic E-state index is -0.843. The van der Waals surface area contributed by atoms with Crippen molar-refractivity contribution in [3.63, 3.8) is 0 Å². The van der Waals surface area contributed by atoms with Gasteiger partial charge in [0.05, 0.1) is 6.42 Å². The molecule has 1 atom stereocenters. The number of Topliss-reactive ketones (excluding diaryl/α,β-unsaturated/α-hetero) is 1. The fourth-order valence-corrected chi connectivity index (χ4v) is 3.93. The van der Waals surface area contributed by atoms with Crippen molar-refractivity contribution in [2.45, 2.75) is 50.5 Å². The van der Waals surface area contributed by atoms with E-state index in [1.807, 2.05) is 6.07 Å². The van der Waals surface area contributed by atoms with Crippen LogP contribution in [-0.4, -0.2) is 33.0 Å². The van der Waals surface area contributed by atoms with Crippen molar-refractivity contribution in [3.8, 4) is 5.75 Å². The zero-order valence-electron chi connectivity index (χ0n) is 13.4. The highest BCUT2D eigenvalue weighted by atomic mass is 16.6. The number of hydrogen-bond acceptors (Lipinski definition) is 4. The number of rotatable bonds is 4. The number of nitrogens with zero attached hydrogens (tertiary/aromatic N) is 2. The molecular formula is C18H20N2O4. The van der Waals surface area contributed by atoms with Crippen LogP contribution in [0.15, 0.2) is 24.3 Å². The van der Waals surface area contributed by atoms with Crippen molar-refractivity contribution in [3.05, 3.63) is 35.4 Å². The third kappa shape index (κ3) is 3.10. The number of esters is 1. The number of carbonyl (C=O) groups excluding carboxylic acids is 2. The molecule has 2 fully saturated rings. The normalized spacial score (nSPS) is 24.8. The van der Waals surface area contributed by atoms with Crippen molar-refractivity contribution in [2.75, 3.05) is 0 Å². The molecule has 1 aliphatic carbocycles. The number of benzene rings is 1. The van der Waals surface area contributed by atoms with E-state index in [2.05, 4.69) is 4.79 Å². The number of aromatic hydroxyl groups is 1. The van der Waals surface area contributed by atoms with E-state index in [4.69, 9.17) is 10.3 Å². The molecule has 0 bridgehead atoms. The fraction of sp³-hybridized carbons (Fsp3) is 0.500. The van der Waals surface area contributed by atoms with Gasteiger partial charge in [0.25, 0.3) is 5.78 Å². The lowest BCUT2D eigenvalue weighted by molar-refractivity contribution is -0.172. The largest absolute Gasteiger partial charge is 0.508 e. The van der Waals surface area contributed by atoms with Crippen LogP contribution in [0, 0.1) is 5.92 Å². The Morgan fingerprint density at radius 3 is 2.67 bits per heavy atom. The van der Waals surface area contributed by atoms with Crippen LogP contribution in [0.5, 0.6) is 5.75 Å². The summed E-state index contributed by atoms with van der Waals surface area (Å²) in [6.45, 7) is 0. The SMILES string of the molecule is [N-]=[N+]=C1C(=O)C[C@@](CCc2cccc(O)c2)(C2CCCC2)OC1=O. The van der Waals surface area contributed by atoms with Crippen LogP contribution in [0.3, 0.4) is 0 Å². The van der Waals surface area contributed by atoms with Gasteiger partial charge in [0.15, 0.2) is 0 Å². The summed E-state index contributed by atoms with van der Waals surface area (Å²) in [5.74, 6) is -0.968. The molecule has 1 heterocycles. The molecule has 126 valence electrons. The van der Waals surface area contributed by atoms with E-state index in [0.717, 1.165) is 31.2 Å². The molecule has 1 aromatic carbocycles. The molecule has 1 saturated heterocycles. The van der Waals surface area contributed by atoms with Gasteiger partial charge in [-0.05, 0) is 49.3 Å². The fourth-order valence-electron chi connectivity index (χ4n) is 3.93. The highest BCUT2D eigenvalue weighted by molar-refractivity contribution is 6.63.